The predicted molar refractivity (Wildman–Crippen MR) is 112 cm³/mol. The molecule has 0 amide bonds. The number of imidazole rings is 1. The standard InChI is InChI=1S/C21H34N6O/c1-3-22-21(24-10-4-5-12-26-15-11-23-18(26)2)25-17-19(20-9-8-16-28-20)27-13-6-7-14-27/h8-9,11,15-16,19H,3-7,10,12-14,17H2,1-2H3,(H2,22,24,25). The Labute approximate surface area is 168 Å². The summed E-state index contributed by atoms with van der Waals surface area (Å²) in [6, 6.07) is 4.25. The molecule has 2 aromatic heterocycles. The monoisotopic (exact) mass is 386 g/mol. The molecule has 28 heavy (non-hydrogen) atoms. The lowest BCUT2D eigenvalue weighted by molar-refractivity contribution is 0.221. The van der Waals surface area contributed by atoms with Crippen LogP contribution in [-0.2, 0) is 6.54 Å². The molecule has 2 aromatic rings. The van der Waals surface area contributed by atoms with Crippen molar-refractivity contribution >= 4 is 5.96 Å². The first-order valence-electron chi connectivity index (χ1n) is 10.5. The second-order valence-corrected chi connectivity index (χ2v) is 7.30. The van der Waals surface area contributed by atoms with Crippen LogP contribution in [0.3, 0.4) is 0 Å². The molecule has 0 aliphatic carbocycles. The minimum absolute atomic E-state index is 0.220. The van der Waals surface area contributed by atoms with E-state index in [1.54, 1.807) is 6.26 Å². The number of likely N-dealkylation sites (tertiary alicyclic amines) is 1. The van der Waals surface area contributed by atoms with E-state index in [1.165, 1.54) is 12.8 Å². The Bertz CT molecular complexity index is 702. The molecule has 0 radical (unpaired) electrons. The van der Waals surface area contributed by atoms with E-state index >= 15 is 0 Å². The van der Waals surface area contributed by atoms with Gasteiger partial charge in [-0.3, -0.25) is 9.89 Å². The van der Waals surface area contributed by atoms with Gasteiger partial charge in [0, 0.05) is 32.0 Å². The molecule has 7 heteroatoms. The topological polar surface area (TPSA) is 70.6 Å². The van der Waals surface area contributed by atoms with Crippen molar-refractivity contribution in [2.45, 2.75) is 52.1 Å². The number of unbranched alkanes of at least 4 members (excludes halogenated alkanes) is 1. The Morgan fingerprint density at radius 2 is 2.14 bits per heavy atom. The molecule has 2 N–H and O–H groups in total. The van der Waals surface area contributed by atoms with Crippen LogP contribution in [0.15, 0.2) is 40.2 Å². The van der Waals surface area contributed by atoms with Crippen molar-refractivity contribution in [3.05, 3.63) is 42.4 Å². The third kappa shape index (κ3) is 5.86. The van der Waals surface area contributed by atoms with Crippen molar-refractivity contribution in [3.8, 4) is 0 Å². The number of hydrogen-bond acceptors (Lipinski definition) is 4. The molecule has 3 heterocycles. The maximum Gasteiger partial charge on any atom is 0.191 e. The van der Waals surface area contributed by atoms with Crippen LogP contribution in [0.25, 0.3) is 0 Å². The minimum atomic E-state index is 0.220. The first kappa shape index (κ1) is 20.5. The van der Waals surface area contributed by atoms with Gasteiger partial charge in [0.25, 0.3) is 0 Å². The summed E-state index contributed by atoms with van der Waals surface area (Å²) in [6.07, 6.45) is 10.4. The molecule has 1 atom stereocenters. The van der Waals surface area contributed by atoms with Crippen molar-refractivity contribution < 1.29 is 4.42 Å². The molecule has 0 bridgehead atoms. The maximum absolute atomic E-state index is 5.70. The Balaban J connectivity index is 1.48. The second-order valence-electron chi connectivity index (χ2n) is 7.30. The van der Waals surface area contributed by atoms with E-state index in [1.807, 2.05) is 25.4 Å². The van der Waals surface area contributed by atoms with Crippen LogP contribution >= 0.6 is 0 Å². The van der Waals surface area contributed by atoms with Crippen molar-refractivity contribution in [2.75, 3.05) is 32.7 Å². The minimum Gasteiger partial charge on any atom is -0.468 e. The van der Waals surface area contributed by atoms with Gasteiger partial charge in [-0.2, -0.15) is 0 Å². The highest BCUT2D eigenvalue weighted by molar-refractivity contribution is 5.79. The first-order valence-corrected chi connectivity index (χ1v) is 10.5. The van der Waals surface area contributed by atoms with Crippen LogP contribution in [-0.4, -0.2) is 53.1 Å². The fourth-order valence-electron chi connectivity index (χ4n) is 3.69. The van der Waals surface area contributed by atoms with Gasteiger partial charge in [0.15, 0.2) is 5.96 Å². The van der Waals surface area contributed by atoms with Gasteiger partial charge in [0.05, 0.1) is 18.8 Å². The molecule has 1 fully saturated rings. The Morgan fingerprint density at radius 1 is 1.29 bits per heavy atom. The fraction of sp³-hybridized carbons (Fsp3) is 0.619. The molecular formula is C21H34N6O. The van der Waals surface area contributed by atoms with Gasteiger partial charge in [0.2, 0.25) is 0 Å². The third-order valence-electron chi connectivity index (χ3n) is 5.26. The first-order chi connectivity index (χ1) is 13.8. The number of nitrogens with one attached hydrogen (secondary N) is 2. The lowest BCUT2D eigenvalue weighted by atomic mass is 10.2. The number of guanidine groups is 1. The van der Waals surface area contributed by atoms with Gasteiger partial charge in [-0.1, -0.05) is 0 Å². The highest BCUT2D eigenvalue weighted by Gasteiger charge is 2.25. The van der Waals surface area contributed by atoms with Gasteiger partial charge in [0.1, 0.15) is 11.6 Å². The van der Waals surface area contributed by atoms with Crippen molar-refractivity contribution in [2.24, 2.45) is 4.99 Å². The average molecular weight is 387 g/mol. The van der Waals surface area contributed by atoms with Gasteiger partial charge in [-0.05, 0) is 64.8 Å². The molecule has 0 saturated carbocycles. The van der Waals surface area contributed by atoms with Crippen molar-refractivity contribution in [1.29, 1.82) is 0 Å². The molecule has 1 unspecified atom stereocenters. The number of furan rings is 1. The summed E-state index contributed by atoms with van der Waals surface area (Å²) in [5.74, 6) is 2.98. The average Bonchev–Trinajstić information content (AvgIpc) is 3.45. The lowest BCUT2D eigenvalue weighted by Crippen LogP contribution is -2.38. The Hall–Kier alpha value is -2.28. The zero-order chi connectivity index (χ0) is 19.6. The van der Waals surface area contributed by atoms with E-state index in [0.717, 1.165) is 63.1 Å². The molecule has 0 aromatic carbocycles. The molecule has 3 rings (SSSR count). The summed E-state index contributed by atoms with van der Waals surface area (Å²) in [7, 11) is 0. The van der Waals surface area contributed by atoms with Crippen LogP contribution in [0.4, 0.5) is 0 Å². The molecular weight excluding hydrogens is 352 g/mol. The van der Waals surface area contributed by atoms with Crippen LogP contribution < -0.4 is 10.6 Å². The van der Waals surface area contributed by atoms with E-state index in [9.17, 15) is 0 Å². The molecule has 0 spiro atoms. The lowest BCUT2D eigenvalue weighted by Gasteiger charge is -2.24. The Morgan fingerprint density at radius 3 is 2.82 bits per heavy atom. The summed E-state index contributed by atoms with van der Waals surface area (Å²) in [4.78, 5) is 11.6. The number of aryl methyl sites for hydroxylation is 2. The van der Waals surface area contributed by atoms with Gasteiger partial charge < -0.3 is 19.6 Å². The maximum atomic E-state index is 5.70. The van der Waals surface area contributed by atoms with Crippen molar-refractivity contribution in [1.82, 2.24) is 25.1 Å². The second kappa shape index (κ2) is 10.9. The highest BCUT2D eigenvalue weighted by atomic mass is 16.3. The van der Waals surface area contributed by atoms with E-state index in [0.29, 0.717) is 6.54 Å². The molecule has 154 valence electrons. The number of aliphatic imine (C=N–C) groups is 1. The van der Waals surface area contributed by atoms with Gasteiger partial charge in [-0.15, -0.1) is 0 Å². The Kier molecular flexibility index (Phi) is 7.96. The zero-order valence-electron chi connectivity index (χ0n) is 17.2. The zero-order valence-corrected chi connectivity index (χ0v) is 17.2. The summed E-state index contributed by atoms with van der Waals surface area (Å²) < 4.78 is 7.90. The summed E-state index contributed by atoms with van der Waals surface area (Å²) >= 11 is 0. The number of rotatable bonds is 10. The predicted octanol–water partition coefficient (Wildman–Crippen LogP) is 2.96. The van der Waals surface area contributed by atoms with Crippen LogP contribution in [0.2, 0.25) is 0 Å². The van der Waals surface area contributed by atoms with Crippen molar-refractivity contribution in [3.63, 3.8) is 0 Å². The van der Waals surface area contributed by atoms with E-state index in [2.05, 4.69) is 38.1 Å². The van der Waals surface area contributed by atoms with Gasteiger partial charge in [-0.25, -0.2) is 4.98 Å². The summed E-state index contributed by atoms with van der Waals surface area (Å²) in [5.41, 5.74) is 0. The van der Waals surface area contributed by atoms with Crippen LogP contribution in [0.5, 0.6) is 0 Å². The van der Waals surface area contributed by atoms with Crippen LogP contribution in [0.1, 0.15) is 50.2 Å². The number of nitrogens with zero attached hydrogens (tertiary/aromatic N) is 4. The summed E-state index contributed by atoms with van der Waals surface area (Å²) in [5, 5.41) is 6.83. The molecule has 7 nitrogen and oxygen atoms in total. The third-order valence-corrected chi connectivity index (χ3v) is 5.26. The van der Waals surface area contributed by atoms with E-state index < -0.39 is 0 Å². The summed E-state index contributed by atoms with van der Waals surface area (Å²) in [6.45, 7) is 9.88. The van der Waals surface area contributed by atoms with Crippen LogP contribution in [0, 0.1) is 6.92 Å². The fourth-order valence-corrected chi connectivity index (χ4v) is 3.69. The quantitative estimate of drug-likeness (QED) is 0.373. The molecule has 1 saturated heterocycles. The largest absolute Gasteiger partial charge is 0.468 e. The number of hydrogen-bond donors (Lipinski definition) is 2. The number of aromatic nitrogens is 2. The SMILES string of the molecule is CCNC(=NCC(c1ccco1)N1CCCC1)NCCCCn1ccnc1C. The van der Waals surface area contributed by atoms with E-state index in [-0.39, 0.29) is 6.04 Å². The molecule has 1 aliphatic heterocycles. The highest BCUT2D eigenvalue weighted by Crippen LogP contribution is 2.25. The smallest absolute Gasteiger partial charge is 0.191 e. The normalized spacial score (nSPS) is 16.4. The van der Waals surface area contributed by atoms with Gasteiger partial charge >= 0.3 is 0 Å². The molecule has 1 aliphatic rings. The van der Waals surface area contributed by atoms with E-state index in [4.69, 9.17) is 9.41 Å².